The largest absolute Gasteiger partial charge is 0.351 e. The van der Waals surface area contributed by atoms with E-state index in [1.807, 2.05) is 42.5 Å². The molecule has 2 aromatic rings. The first-order valence-corrected chi connectivity index (χ1v) is 7.53. The Morgan fingerprint density at radius 2 is 2.00 bits per heavy atom. The minimum absolute atomic E-state index is 0.0299. The molecule has 2 heterocycles. The monoisotopic (exact) mass is 283 g/mol. The summed E-state index contributed by atoms with van der Waals surface area (Å²) in [6, 6.07) is 14.3. The zero-order valence-electron chi connectivity index (χ0n) is 12.2. The number of benzene rings is 1. The van der Waals surface area contributed by atoms with Gasteiger partial charge in [0, 0.05) is 17.8 Å². The van der Waals surface area contributed by atoms with Gasteiger partial charge in [0.15, 0.2) is 0 Å². The van der Waals surface area contributed by atoms with Gasteiger partial charge in [0.1, 0.15) is 5.69 Å². The van der Waals surface area contributed by atoms with Gasteiger partial charge >= 0.3 is 0 Å². The van der Waals surface area contributed by atoms with E-state index in [1.165, 1.54) is 0 Å². The third kappa shape index (κ3) is 3.16. The average Bonchev–Trinajstić information content (AvgIpc) is 3.00. The van der Waals surface area contributed by atoms with Gasteiger partial charge in [0.2, 0.25) is 0 Å². The first-order valence-electron chi connectivity index (χ1n) is 7.53. The fraction of sp³-hybridized carbons (Fsp3) is 0.353. The Bertz CT molecular complexity index is 606. The molecule has 21 heavy (non-hydrogen) atoms. The van der Waals surface area contributed by atoms with Crippen LogP contribution in [0.5, 0.6) is 0 Å². The summed E-state index contributed by atoms with van der Waals surface area (Å²) in [6.45, 7) is 3.16. The minimum Gasteiger partial charge on any atom is -0.351 e. The Balaban J connectivity index is 1.69. The zero-order valence-corrected chi connectivity index (χ0v) is 12.2. The zero-order chi connectivity index (χ0) is 14.7. The quantitative estimate of drug-likeness (QED) is 0.811. The van der Waals surface area contributed by atoms with Gasteiger partial charge in [0.25, 0.3) is 5.91 Å². The molecule has 0 radical (unpaired) electrons. The number of hydrogen-bond acceptors (Lipinski definition) is 2. The molecule has 1 aliphatic heterocycles. The second kappa shape index (κ2) is 6.14. The molecular weight excluding hydrogens is 262 g/mol. The lowest BCUT2D eigenvalue weighted by molar-refractivity contribution is 0.0915. The van der Waals surface area contributed by atoms with Gasteiger partial charge in [-0.2, -0.15) is 0 Å². The van der Waals surface area contributed by atoms with E-state index in [9.17, 15) is 4.79 Å². The van der Waals surface area contributed by atoms with Crippen LogP contribution in [0.4, 0.5) is 0 Å². The highest BCUT2D eigenvalue weighted by molar-refractivity contribution is 5.93. The van der Waals surface area contributed by atoms with Crippen molar-refractivity contribution in [3.8, 4) is 11.3 Å². The van der Waals surface area contributed by atoms with Crippen molar-refractivity contribution in [1.82, 2.24) is 15.6 Å². The first kappa shape index (κ1) is 13.9. The van der Waals surface area contributed by atoms with E-state index in [0.717, 1.165) is 30.6 Å². The molecule has 1 fully saturated rings. The predicted octanol–water partition coefficient (Wildman–Crippen LogP) is 2.55. The molecule has 0 spiro atoms. The summed E-state index contributed by atoms with van der Waals surface area (Å²) in [4.78, 5) is 15.5. The van der Waals surface area contributed by atoms with Crippen LogP contribution >= 0.6 is 0 Å². The van der Waals surface area contributed by atoms with Crippen LogP contribution in [-0.4, -0.2) is 29.5 Å². The number of nitrogens with one attached hydrogen (secondary N) is 3. The van der Waals surface area contributed by atoms with Crippen LogP contribution in [0.2, 0.25) is 0 Å². The van der Waals surface area contributed by atoms with E-state index in [0.29, 0.717) is 11.7 Å². The maximum absolute atomic E-state index is 12.3. The highest BCUT2D eigenvalue weighted by atomic mass is 16.1. The van der Waals surface area contributed by atoms with Gasteiger partial charge in [-0.25, -0.2) is 0 Å². The Morgan fingerprint density at radius 3 is 2.76 bits per heavy atom. The summed E-state index contributed by atoms with van der Waals surface area (Å²) < 4.78 is 0. The van der Waals surface area contributed by atoms with E-state index in [-0.39, 0.29) is 11.9 Å². The van der Waals surface area contributed by atoms with Gasteiger partial charge in [-0.1, -0.05) is 30.3 Å². The fourth-order valence-electron chi connectivity index (χ4n) is 2.80. The van der Waals surface area contributed by atoms with Crippen LogP contribution in [0.25, 0.3) is 11.3 Å². The smallest absolute Gasteiger partial charge is 0.267 e. The van der Waals surface area contributed by atoms with Crippen LogP contribution in [0.1, 0.15) is 30.3 Å². The van der Waals surface area contributed by atoms with Gasteiger partial charge in [-0.3, -0.25) is 4.79 Å². The van der Waals surface area contributed by atoms with E-state index in [4.69, 9.17) is 0 Å². The molecule has 0 saturated carbocycles. The number of rotatable bonds is 3. The lowest BCUT2D eigenvalue weighted by atomic mass is 10.00. The summed E-state index contributed by atoms with van der Waals surface area (Å²) in [6.07, 6.45) is 2.14. The number of hydrogen-bond donors (Lipinski definition) is 3. The summed E-state index contributed by atoms with van der Waals surface area (Å²) >= 11 is 0. The Morgan fingerprint density at radius 1 is 1.19 bits per heavy atom. The average molecular weight is 283 g/mol. The van der Waals surface area contributed by atoms with Crippen LogP contribution < -0.4 is 10.6 Å². The van der Waals surface area contributed by atoms with Crippen molar-refractivity contribution in [3.63, 3.8) is 0 Å². The maximum Gasteiger partial charge on any atom is 0.267 e. The molecule has 1 amide bonds. The first-order chi connectivity index (χ1) is 10.2. The molecule has 3 rings (SSSR count). The van der Waals surface area contributed by atoms with Gasteiger partial charge < -0.3 is 15.6 Å². The molecule has 4 heteroatoms. The molecule has 110 valence electrons. The lowest BCUT2D eigenvalue weighted by Gasteiger charge is -2.30. The van der Waals surface area contributed by atoms with Gasteiger partial charge in [-0.05, 0) is 44.0 Å². The predicted molar refractivity (Wildman–Crippen MR) is 84.2 cm³/mol. The molecule has 3 N–H and O–H groups in total. The Kier molecular flexibility index (Phi) is 4.06. The molecule has 1 aromatic heterocycles. The summed E-state index contributed by atoms with van der Waals surface area (Å²) in [5, 5.41) is 6.51. The van der Waals surface area contributed by atoms with Crippen molar-refractivity contribution in [2.45, 2.75) is 31.8 Å². The number of H-pyrrole nitrogens is 1. The Labute approximate surface area is 125 Å². The Hall–Kier alpha value is -2.07. The molecule has 1 aliphatic rings. The number of aromatic amines is 1. The summed E-state index contributed by atoms with van der Waals surface area (Å²) in [5.41, 5.74) is 2.67. The fourth-order valence-corrected chi connectivity index (χ4v) is 2.80. The maximum atomic E-state index is 12.3. The second-order valence-electron chi connectivity index (χ2n) is 5.62. The number of amides is 1. The van der Waals surface area contributed by atoms with E-state index < -0.39 is 0 Å². The van der Waals surface area contributed by atoms with Crippen molar-refractivity contribution in [2.24, 2.45) is 0 Å². The highest BCUT2D eigenvalue weighted by Gasteiger charge is 2.23. The number of carbonyl (C=O) groups excluding carboxylic acids is 1. The molecule has 1 saturated heterocycles. The molecule has 1 aromatic carbocycles. The van der Waals surface area contributed by atoms with Crippen molar-refractivity contribution >= 4 is 5.91 Å². The van der Waals surface area contributed by atoms with E-state index in [1.54, 1.807) is 0 Å². The third-order valence-electron chi connectivity index (χ3n) is 4.09. The highest BCUT2D eigenvalue weighted by Crippen LogP contribution is 2.18. The minimum atomic E-state index is -0.0299. The van der Waals surface area contributed by atoms with Crippen LogP contribution in [0.15, 0.2) is 42.5 Å². The lowest BCUT2D eigenvalue weighted by Crippen LogP contribution is -2.51. The molecule has 2 atom stereocenters. The number of carbonyl (C=O) groups is 1. The second-order valence-corrected chi connectivity index (χ2v) is 5.62. The van der Waals surface area contributed by atoms with E-state index >= 15 is 0 Å². The molecular formula is C17H21N3O. The topological polar surface area (TPSA) is 56.9 Å². The third-order valence-corrected chi connectivity index (χ3v) is 4.09. The number of piperidine rings is 1. The molecule has 0 aliphatic carbocycles. The number of aromatic nitrogens is 1. The van der Waals surface area contributed by atoms with Crippen molar-refractivity contribution in [3.05, 3.63) is 48.2 Å². The van der Waals surface area contributed by atoms with Crippen LogP contribution in [0, 0.1) is 0 Å². The SMILES string of the molecule is CC1NCCCC1NC(=O)c1ccc(-c2ccccc2)[nH]1. The van der Waals surface area contributed by atoms with Crippen molar-refractivity contribution < 1.29 is 4.79 Å². The normalized spacial score (nSPS) is 22.0. The van der Waals surface area contributed by atoms with Crippen molar-refractivity contribution in [1.29, 1.82) is 0 Å². The molecule has 4 nitrogen and oxygen atoms in total. The molecule has 2 unspecified atom stereocenters. The van der Waals surface area contributed by atoms with Gasteiger partial charge in [-0.15, -0.1) is 0 Å². The summed E-state index contributed by atoms with van der Waals surface area (Å²) in [7, 11) is 0. The van der Waals surface area contributed by atoms with Crippen LogP contribution in [0.3, 0.4) is 0 Å². The van der Waals surface area contributed by atoms with E-state index in [2.05, 4.69) is 22.5 Å². The molecule has 0 bridgehead atoms. The van der Waals surface area contributed by atoms with Crippen LogP contribution in [-0.2, 0) is 0 Å². The van der Waals surface area contributed by atoms with Gasteiger partial charge in [0.05, 0.1) is 0 Å². The summed E-state index contributed by atoms with van der Waals surface area (Å²) in [5.74, 6) is -0.0299. The standard InChI is InChI=1S/C17H21N3O/c1-12-14(8-5-11-18-12)20-17(21)16-10-9-15(19-16)13-6-3-2-4-7-13/h2-4,6-7,9-10,12,14,18-19H,5,8,11H2,1H3,(H,20,21). The van der Waals surface area contributed by atoms with Crippen molar-refractivity contribution in [2.75, 3.05) is 6.54 Å².